The maximum atomic E-state index is 13.6. The maximum absolute atomic E-state index is 13.6. The third-order valence-corrected chi connectivity index (χ3v) is 6.02. The number of methoxy groups -OCH3 is 1. The fraction of sp³-hybridized carbons (Fsp3) is 0.136. The molecule has 0 aliphatic rings. The minimum Gasteiger partial charge on any atom is -0.496 e. The van der Waals surface area contributed by atoms with Crippen molar-refractivity contribution < 1.29 is 9.13 Å². The molecule has 0 unspecified atom stereocenters. The van der Waals surface area contributed by atoms with Crippen LogP contribution in [0.5, 0.6) is 5.75 Å². The van der Waals surface area contributed by atoms with Crippen molar-refractivity contribution in [1.29, 1.82) is 0 Å². The van der Waals surface area contributed by atoms with Crippen LogP contribution in [0.2, 0.25) is 0 Å². The third-order valence-electron chi connectivity index (χ3n) is 5.13. The van der Waals surface area contributed by atoms with Crippen molar-refractivity contribution in [1.82, 2.24) is 18.7 Å². The van der Waals surface area contributed by atoms with Crippen LogP contribution in [0.15, 0.2) is 69.6 Å². The smallest absolute Gasteiger partial charge is 0.352 e. The number of nitrogens with zero attached hydrogens (tertiary/aromatic N) is 4. The van der Waals surface area contributed by atoms with Gasteiger partial charge in [0.25, 0.3) is 5.56 Å². The summed E-state index contributed by atoms with van der Waals surface area (Å²) >= 11 is 1.28. The van der Waals surface area contributed by atoms with E-state index in [9.17, 15) is 14.0 Å². The van der Waals surface area contributed by atoms with Crippen LogP contribution in [0, 0.1) is 5.82 Å². The highest BCUT2D eigenvalue weighted by Crippen LogP contribution is 2.21. The predicted molar refractivity (Wildman–Crippen MR) is 117 cm³/mol. The Balaban J connectivity index is 1.74. The van der Waals surface area contributed by atoms with Crippen molar-refractivity contribution in [2.24, 2.45) is 0 Å². The summed E-state index contributed by atoms with van der Waals surface area (Å²) in [4.78, 5) is 26.5. The van der Waals surface area contributed by atoms with Gasteiger partial charge in [-0.05, 0) is 35.2 Å². The van der Waals surface area contributed by atoms with Crippen LogP contribution in [0.4, 0.5) is 4.39 Å². The lowest BCUT2D eigenvalue weighted by Crippen LogP contribution is -2.26. The molecule has 0 saturated carbocycles. The first-order valence-corrected chi connectivity index (χ1v) is 10.4. The van der Waals surface area contributed by atoms with Crippen LogP contribution < -0.4 is 16.0 Å². The van der Waals surface area contributed by atoms with E-state index in [1.165, 1.54) is 37.1 Å². The van der Waals surface area contributed by atoms with Crippen molar-refractivity contribution in [2.45, 2.75) is 13.1 Å². The van der Waals surface area contributed by atoms with Gasteiger partial charge >= 0.3 is 5.69 Å². The van der Waals surface area contributed by atoms with Gasteiger partial charge in [0, 0.05) is 5.56 Å². The van der Waals surface area contributed by atoms with E-state index in [2.05, 4.69) is 5.10 Å². The molecule has 3 heterocycles. The van der Waals surface area contributed by atoms with Gasteiger partial charge in [-0.15, -0.1) is 16.4 Å². The SMILES string of the molecule is COc1ccccc1Cn1c(=O)c2sccc2n2c(=O)n(Cc3cccc(F)c3)nc12. The summed E-state index contributed by atoms with van der Waals surface area (Å²) in [5, 5.41) is 6.22. The summed E-state index contributed by atoms with van der Waals surface area (Å²) in [6, 6.07) is 15.1. The Hall–Kier alpha value is -3.72. The average Bonchev–Trinajstić information content (AvgIpc) is 3.37. The van der Waals surface area contributed by atoms with Crippen molar-refractivity contribution >= 4 is 27.3 Å². The number of para-hydroxylation sites is 1. The molecule has 31 heavy (non-hydrogen) atoms. The van der Waals surface area contributed by atoms with Crippen LogP contribution in [-0.2, 0) is 13.1 Å². The van der Waals surface area contributed by atoms with Gasteiger partial charge in [0.15, 0.2) is 0 Å². The first-order valence-electron chi connectivity index (χ1n) is 9.52. The minimum absolute atomic E-state index is 0.0900. The number of fused-ring (bicyclic) bond motifs is 3. The molecule has 0 N–H and O–H groups in total. The fourth-order valence-electron chi connectivity index (χ4n) is 3.69. The van der Waals surface area contributed by atoms with Gasteiger partial charge < -0.3 is 4.74 Å². The van der Waals surface area contributed by atoms with E-state index in [0.717, 1.165) is 5.56 Å². The Morgan fingerprint density at radius 1 is 1.06 bits per heavy atom. The summed E-state index contributed by atoms with van der Waals surface area (Å²) in [5.74, 6) is 0.478. The molecular formula is C22H17FN4O3S. The van der Waals surface area contributed by atoms with E-state index in [-0.39, 0.29) is 30.2 Å². The molecule has 0 aliphatic carbocycles. The number of thiophene rings is 1. The molecule has 0 aliphatic heterocycles. The molecule has 0 spiro atoms. The highest BCUT2D eigenvalue weighted by molar-refractivity contribution is 7.17. The molecule has 0 bridgehead atoms. The summed E-state index contributed by atoms with van der Waals surface area (Å²) in [5.41, 5.74) is 1.28. The zero-order valence-electron chi connectivity index (χ0n) is 16.5. The van der Waals surface area contributed by atoms with E-state index < -0.39 is 5.69 Å². The molecule has 0 fully saturated rings. The normalized spacial score (nSPS) is 11.4. The molecule has 7 nitrogen and oxygen atoms in total. The van der Waals surface area contributed by atoms with Crippen LogP contribution in [0.25, 0.3) is 16.0 Å². The Labute approximate surface area is 179 Å². The van der Waals surface area contributed by atoms with Crippen LogP contribution >= 0.6 is 11.3 Å². The van der Waals surface area contributed by atoms with Crippen molar-refractivity contribution in [3.05, 3.63) is 97.8 Å². The monoisotopic (exact) mass is 436 g/mol. The number of ether oxygens (including phenoxy) is 1. The van der Waals surface area contributed by atoms with Crippen LogP contribution in [0.3, 0.4) is 0 Å². The van der Waals surface area contributed by atoms with Gasteiger partial charge in [0.2, 0.25) is 5.78 Å². The number of hydrogen-bond acceptors (Lipinski definition) is 5. The minimum atomic E-state index is -0.392. The molecule has 9 heteroatoms. The Morgan fingerprint density at radius 2 is 1.90 bits per heavy atom. The molecule has 156 valence electrons. The Bertz CT molecular complexity index is 1550. The molecule has 0 radical (unpaired) electrons. The van der Waals surface area contributed by atoms with Crippen molar-refractivity contribution in [2.75, 3.05) is 7.11 Å². The average molecular weight is 436 g/mol. The third kappa shape index (κ3) is 3.23. The van der Waals surface area contributed by atoms with Gasteiger partial charge in [-0.3, -0.25) is 9.36 Å². The van der Waals surface area contributed by atoms with E-state index in [4.69, 9.17) is 4.74 Å². The predicted octanol–water partition coefficient (Wildman–Crippen LogP) is 3.12. The lowest BCUT2D eigenvalue weighted by Gasteiger charge is -2.11. The largest absolute Gasteiger partial charge is 0.496 e. The fourth-order valence-corrected chi connectivity index (χ4v) is 4.52. The quantitative estimate of drug-likeness (QED) is 0.425. The van der Waals surface area contributed by atoms with Crippen molar-refractivity contribution in [3.8, 4) is 5.75 Å². The molecular weight excluding hydrogens is 419 g/mol. The number of rotatable bonds is 5. The highest BCUT2D eigenvalue weighted by Gasteiger charge is 2.19. The summed E-state index contributed by atoms with van der Waals surface area (Å²) < 4.78 is 23.6. The molecule has 2 aromatic carbocycles. The van der Waals surface area contributed by atoms with Crippen molar-refractivity contribution in [3.63, 3.8) is 0 Å². The zero-order chi connectivity index (χ0) is 21.5. The van der Waals surface area contributed by atoms with Gasteiger partial charge in [-0.25, -0.2) is 18.3 Å². The maximum Gasteiger partial charge on any atom is 0.352 e. The lowest BCUT2D eigenvalue weighted by atomic mass is 10.2. The van der Waals surface area contributed by atoms with Gasteiger partial charge in [0.1, 0.15) is 16.3 Å². The Kier molecular flexibility index (Phi) is 4.67. The van der Waals surface area contributed by atoms with Gasteiger partial charge in [-0.1, -0.05) is 30.3 Å². The molecule has 5 rings (SSSR count). The second-order valence-corrected chi connectivity index (χ2v) is 7.96. The van der Waals surface area contributed by atoms with E-state index in [1.807, 2.05) is 24.3 Å². The summed E-state index contributed by atoms with van der Waals surface area (Å²) in [6.07, 6.45) is 0. The molecule has 3 aromatic heterocycles. The number of halogens is 1. The zero-order valence-corrected chi connectivity index (χ0v) is 17.3. The highest BCUT2D eigenvalue weighted by atomic mass is 32.1. The lowest BCUT2D eigenvalue weighted by molar-refractivity contribution is 0.408. The standard InChI is InChI=1S/C22H17FN4O3S/c1-30-18-8-3-2-6-15(18)13-25-20(28)19-17(9-10-31-19)27-21(25)24-26(22(27)29)12-14-5-4-7-16(23)11-14/h2-11H,12-13H2,1H3. The molecule has 5 aromatic rings. The second-order valence-electron chi connectivity index (χ2n) is 7.04. The second kappa shape index (κ2) is 7.51. The first kappa shape index (κ1) is 19.3. The Morgan fingerprint density at radius 3 is 2.71 bits per heavy atom. The van der Waals surface area contributed by atoms with Gasteiger partial charge in [-0.2, -0.15) is 0 Å². The van der Waals surface area contributed by atoms with E-state index in [0.29, 0.717) is 21.5 Å². The molecule has 0 saturated heterocycles. The van der Waals surface area contributed by atoms with Gasteiger partial charge in [0.05, 0.1) is 25.7 Å². The number of aromatic nitrogens is 4. The summed E-state index contributed by atoms with van der Waals surface area (Å²) in [7, 11) is 1.57. The first-order chi connectivity index (χ1) is 15.1. The summed E-state index contributed by atoms with van der Waals surface area (Å²) in [6.45, 7) is 0.281. The topological polar surface area (TPSA) is 70.5 Å². The number of benzene rings is 2. The van der Waals surface area contributed by atoms with Crippen LogP contribution in [-0.4, -0.2) is 25.9 Å². The molecule has 0 atom stereocenters. The van der Waals surface area contributed by atoms with Crippen LogP contribution in [0.1, 0.15) is 11.1 Å². The van der Waals surface area contributed by atoms with E-state index in [1.54, 1.807) is 30.7 Å². The van der Waals surface area contributed by atoms with E-state index >= 15 is 0 Å². The number of hydrogen-bond donors (Lipinski definition) is 0. The molecule has 0 amide bonds.